The Hall–Kier alpha value is -3.41. The number of ether oxygens (including phenoxy) is 2. The third-order valence-electron chi connectivity index (χ3n) is 4.29. The van der Waals surface area contributed by atoms with Gasteiger partial charge in [-0.3, -0.25) is 4.79 Å². The van der Waals surface area contributed by atoms with Crippen LogP contribution in [0.1, 0.15) is 22.5 Å². The van der Waals surface area contributed by atoms with Crippen molar-refractivity contribution in [3.63, 3.8) is 0 Å². The van der Waals surface area contributed by atoms with Gasteiger partial charge in [-0.15, -0.1) is 0 Å². The largest absolute Gasteiger partial charge is 0.496 e. The minimum Gasteiger partial charge on any atom is -0.496 e. The highest BCUT2D eigenvalue weighted by Crippen LogP contribution is 2.24. The van der Waals surface area contributed by atoms with Crippen LogP contribution in [0.25, 0.3) is 0 Å². The van der Waals surface area contributed by atoms with Gasteiger partial charge in [0.15, 0.2) is 0 Å². The number of amides is 1. The second-order valence-electron chi connectivity index (χ2n) is 6.50. The fourth-order valence-electron chi connectivity index (χ4n) is 2.93. The van der Waals surface area contributed by atoms with Crippen molar-refractivity contribution in [1.29, 1.82) is 0 Å². The van der Waals surface area contributed by atoms with E-state index in [1.807, 2.05) is 69.3 Å². The van der Waals surface area contributed by atoms with Gasteiger partial charge in [0.25, 0.3) is 0 Å². The van der Waals surface area contributed by atoms with Crippen LogP contribution < -0.4 is 14.8 Å². The molecule has 0 saturated carbocycles. The highest BCUT2D eigenvalue weighted by Gasteiger charge is 2.14. The van der Waals surface area contributed by atoms with Gasteiger partial charge in [0, 0.05) is 0 Å². The Morgan fingerprint density at radius 2 is 1.68 bits per heavy atom. The highest BCUT2D eigenvalue weighted by molar-refractivity contribution is 5.93. The Morgan fingerprint density at radius 1 is 1.00 bits per heavy atom. The molecule has 0 atom stereocenters. The summed E-state index contributed by atoms with van der Waals surface area (Å²) in [4.78, 5) is 21.2. The van der Waals surface area contributed by atoms with Gasteiger partial charge in [-0.2, -0.15) is 9.97 Å². The van der Waals surface area contributed by atoms with Crippen molar-refractivity contribution in [2.75, 3.05) is 12.4 Å². The van der Waals surface area contributed by atoms with Gasteiger partial charge in [0.1, 0.15) is 11.5 Å². The zero-order chi connectivity index (χ0) is 20.1. The molecule has 0 fully saturated rings. The summed E-state index contributed by atoms with van der Waals surface area (Å²) in [5.41, 5.74) is 3.81. The molecule has 0 spiro atoms. The molecule has 6 nitrogen and oxygen atoms in total. The van der Waals surface area contributed by atoms with E-state index in [4.69, 9.17) is 9.47 Å². The first-order valence-corrected chi connectivity index (χ1v) is 8.97. The number of aryl methyl sites for hydroxylation is 3. The average molecular weight is 377 g/mol. The van der Waals surface area contributed by atoms with Crippen molar-refractivity contribution >= 4 is 11.6 Å². The fourth-order valence-corrected chi connectivity index (χ4v) is 2.93. The Bertz CT molecular complexity index is 965. The first kappa shape index (κ1) is 19.4. The molecule has 0 aliphatic carbocycles. The number of benzene rings is 2. The molecule has 1 heterocycles. The normalized spacial score (nSPS) is 10.4. The van der Waals surface area contributed by atoms with Crippen LogP contribution in [0.4, 0.5) is 5.69 Å². The summed E-state index contributed by atoms with van der Waals surface area (Å²) in [6, 6.07) is 15.3. The number of hydrogen-bond acceptors (Lipinski definition) is 5. The van der Waals surface area contributed by atoms with Gasteiger partial charge in [-0.25, -0.2) is 0 Å². The quantitative estimate of drug-likeness (QED) is 0.690. The number of nitrogens with one attached hydrogen (secondary N) is 1. The molecular weight excluding hydrogens is 354 g/mol. The first-order chi connectivity index (χ1) is 13.5. The molecule has 3 rings (SSSR count). The van der Waals surface area contributed by atoms with E-state index in [0.717, 1.165) is 16.9 Å². The Kier molecular flexibility index (Phi) is 5.89. The lowest BCUT2D eigenvalue weighted by Crippen LogP contribution is -2.17. The van der Waals surface area contributed by atoms with Crippen molar-refractivity contribution in [2.45, 2.75) is 27.2 Å². The number of carbonyl (C=O) groups is 1. The van der Waals surface area contributed by atoms with Crippen LogP contribution in [0.5, 0.6) is 17.5 Å². The summed E-state index contributed by atoms with van der Waals surface area (Å²) in [5, 5.41) is 2.92. The monoisotopic (exact) mass is 377 g/mol. The molecular formula is C22H23N3O3. The fraction of sp³-hybridized carbons (Fsp3) is 0.227. The zero-order valence-electron chi connectivity index (χ0n) is 16.4. The molecule has 3 aromatic rings. The van der Waals surface area contributed by atoms with Gasteiger partial charge in [-0.1, -0.05) is 30.3 Å². The molecule has 0 bridgehead atoms. The topological polar surface area (TPSA) is 73.3 Å². The lowest BCUT2D eigenvalue weighted by molar-refractivity contribution is -0.115. The summed E-state index contributed by atoms with van der Waals surface area (Å²) in [7, 11) is 1.63. The molecule has 1 aromatic heterocycles. The standard InChI is InChI=1S/C22H23N3O3/c1-14-12-17(10-11-19(14)27-4)13-20(26)25-21-15(2)23-22(24-16(21)3)28-18-8-6-5-7-9-18/h5-12H,13H2,1-4H3,(H,25,26). The molecule has 144 valence electrons. The molecule has 6 heteroatoms. The lowest BCUT2D eigenvalue weighted by atomic mass is 10.1. The summed E-state index contributed by atoms with van der Waals surface area (Å²) in [5.74, 6) is 1.34. The second kappa shape index (κ2) is 8.52. The molecule has 0 unspecified atom stereocenters. The van der Waals surface area contributed by atoms with E-state index >= 15 is 0 Å². The number of aromatic nitrogens is 2. The van der Waals surface area contributed by atoms with Crippen LogP contribution in [-0.2, 0) is 11.2 Å². The van der Waals surface area contributed by atoms with Gasteiger partial charge in [0.2, 0.25) is 5.91 Å². The number of hydrogen-bond donors (Lipinski definition) is 1. The molecule has 1 amide bonds. The summed E-state index contributed by atoms with van der Waals surface area (Å²) in [6.07, 6.45) is 0.256. The zero-order valence-corrected chi connectivity index (χ0v) is 16.4. The number of para-hydroxylation sites is 1. The Balaban J connectivity index is 1.71. The lowest BCUT2D eigenvalue weighted by Gasteiger charge is -2.13. The highest BCUT2D eigenvalue weighted by atomic mass is 16.5. The van der Waals surface area contributed by atoms with E-state index in [2.05, 4.69) is 15.3 Å². The van der Waals surface area contributed by atoms with Crippen LogP contribution in [0.2, 0.25) is 0 Å². The van der Waals surface area contributed by atoms with E-state index in [1.54, 1.807) is 7.11 Å². The van der Waals surface area contributed by atoms with Gasteiger partial charge >= 0.3 is 6.01 Å². The number of anilines is 1. The predicted molar refractivity (Wildman–Crippen MR) is 108 cm³/mol. The van der Waals surface area contributed by atoms with Crippen molar-refractivity contribution in [3.05, 3.63) is 71.0 Å². The third kappa shape index (κ3) is 4.65. The van der Waals surface area contributed by atoms with Crippen molar-refractivity contribution in [2.24, 2.45) is 0 Å². The van der Waals surface area contributed by atoms with Crippen LogP contribution in [0.15, 0.2) is 48.5 Å². The van der Waals surface area contributed by atoms with E-state index in [9.17, 15) is 4.79 Å². The number of rotatable bonds is 6. The second-order valence-corrected chi connectivity index (χ2v) is 6.50. The third-order valence-corrected chi connectivity index (χ3v) is 4.29. The van der Waals surface area contributed by atoms with Crippen molar-refractivity contribution in [1.82, 2.24) is 9.97 Å². The maximum absolute atomic E-state index is 12.5. The minimum atomic E-state index is -0.129. The Morgan fingerprint density at radius 3 is 2.29 bits per heavy atom. The van der Waals surface area contributed by atoms with Gasteiger partial charge in [-0.05, 0) is 50.1 Å². The molecule has 0 saturated heterocycles. The molecule has 2 aromatic carbocycles. The predicted octanol–water partition coefficient (Wildman–Crippen LogP) is 4.38. The molecule has 28 heavy (non-hydrogen) atoms. The van der Waals surface area contributed by atoms with Crippen LogP contribution >= 0.6 is 0 Å². The molecule has 0 aliphatic heterocycles. The van der Waals surface area contributed by atoms with Gasteiger partial charge in [0.05, 0.1) is 30.6 Å². The number of methoxy groups -OCH3 is 1. The smallest absolute Gasteiger partial charge is 0.322 e. The summed E-state index contributed by atoms with van der Waals surface area (Å²) < 4.78 is 10.9. The van der Waals surface area contributed by atoms with Gasteiger partial charge < -0.3 is 14.8 Å². The maximum Gasteiger partial charge on any atom is 0.322 e. The van der Waals surface area contributed by atoms with Crippen LogP contribution in [0.3, 0.4) is 0 Å². The van der Waals surface area contributed by atoms with E-state index < -0.39 is 0 Å². The molecule has 0 aliphatic rings. The number of nitrogens with zero attached hydrogens (tertiary/aromatic N) is 2. The average Bonchev–Trinajstić information content (AvgIpc) is 2.66. The van der Waals surface area contributed by atoms with Crippen LogP contribution in [-0.4, -0.2) is 23.0 Å². The van der Waals surface area contributed by atoms with E-state index in [1.165, 1.54) is 0 Å². The summed E-state index contributed by atoms with van der Waals surface area (Å²) >= 11 is 0. The van der Waals surface area contributed by atoms with E-state index in [0.29, 0.717) is 22.8 Å². The SMILES string of the molecule is COc1ccc(CC(=O)Nc2c(C)nc(Oc3ccccc3)nc2C)cc1C. The van der Waals surface area contributed by atoms with Crippen molar-refractivity contribution in [3.8, 4) is 17.5 Å². The first-order valence-electron chi connectivity index (χ1n) is 8.97. The van der Waals surface area contributed by atoms with Crippen LogP contribution in [0, 0.1) is 20.8 Å². The summed E-state index contributed by atoms with van der Waals surface area (Å²) in [6.45, 7) is 5.59. The Labute approximate surface area is 164 Å². The van der Waals surface area contributed by atoms with Crippen molar-refractivity contribution < 1.29 is 14.3 Å². The minimum absolute atomic E-state index is 0.129. The molecule has 1 N–H and O–H groups in total. The molecule has 0 radical (unpaired) electrons. The van der Waals surface area contributed by atoms with E-state index in [-0.39, 0.29) is 18.3 Å². The number of carbonyl (C=O) groups excluding carboxylic acids is 1. The maximum atomic E-state index is 12.5.